The van der Waals surface area contributed by atoms with Crippen molar-refractivity contribution in [2.45, 2.75) is 18.7 Å². The molecule has 0 aliphatic carbocycles. The van der Waals surface area contributed by atoms with Gasteiger partial charge in [0.1, 0.15) is 5.75 Å². The van der Waals surface area contributed by atoms with Crippen LogP contribution in [0.1, 0.15) is 17.5 Å². The topological polar surface area (TPSA) is 9.23 Å². The first kappa shape index (κ1) is 14.2. The summed E-state index contributed by atoms with van der Waals surface area (Å²) in [5, 5.41) is 0.623. The van der Waals surface area contributed by atoms with Crippen LogP contribution in [0, 0.1) is 0 Å². The average Bonchev–Trinajstić information content (AvgIpc) is 2.46. The molecule has 0 bridgehead atoms. The highest BCUT2D eigenvalue weighted by Gasteiger charge is 2.02. The Morgan fingerprint density at radius 1 is 0.947 bits per heavy atom. The Morgan fingerprint density at radius 3 is 2.42 bits per heavy atom. The first-order valence-corrected chi connectivity index (χ1v) is 7.22. The smallest absolute Gasteiger partial charge is 0.137 e. The number of ether oxygens (including phenoxy) is 1. The Bertz CT molecular complexity index is 511. The highest BCUT2D eigenvalue weighted by molar-refractivity contribution is 6.32. The van der Waals surface area contributed by atoms with Gasteiger partial charge in [-0.25, -0.2) is 0 Å². The van der Waals surface area contributed by atoms with Crippen molar-refractivity contribution in [3.63, 3.8) is 0 Å². The average molecular weight is 295 g/mol. The predicted octanol–water partition coefficient (Wildman–Crippen LogP) is 5.09. The minimum absolute atomic E-state index is 0.466. The van der Waals surface area contributed by atoms with Gasteiger partial charge in [0.25, 0.3) is 0 Å². The van der Waals surface area contributed by atoms with Crippen LogP contribution in [0.2, 0.25) is 5.02 Å². The molecule has 0 heterocycles. The fraction of sp³-hybridized carbons (Fsp3) is 0.250. The van der Waals surface area contributed by atoms with Gasteiger partial charge in [0.15, 0.2) is 0 Å². The SMILES string of the molecule is ClCc1ccc(OCCCc2ccccc2)c(Cl)c1. The van der Waals surface area contributed by atoms with Crippen LogP contribution in [-0.4, -0.2) is 6.61 Å². The van der Waals surface area contributed by atoms with E-state index in [1.807, 2.05) is 24.3 Å². The third kappa shape index (κ3) is 4.45. The lowest BCUT2D eigenvalue weighted by Gasteiger charge is -2.09. The minimum Gasteiger partial charge on any atom is -0.492 e. The van der Waals surface area contributed by atoms with Crippen LogP contribution < -0.4 is 4.74 Å². The first-order valence-electron chi connectivity index (χ1n) is 6.30. The number of rotatable bonds is 6. The summed E-state index contributed by atoms with van der Waals surface area (Å²) in [5.41, 5.74) is 2.33. The molecule has 0 N–H and O–H groups in total. The van der Waals surface area contributed by atoms with Gasteiger partial charge in [-0.1, -0.05) is 48.0 Å². The van der Waals surface area contributed by atoms with Crippen LogP contribution in [0.25, 0.3) is 0 Å². The molecule has 0 radical (unpaired) electrons. The van der Waals surface area contributed by atoms with Crippen LogP contribution in [0.4, 0.5) is 0 Å². The van der Waals surface area contributed by atoms with E-state index >= 15 is 0 Å². The molecule has 0 aromatic heterocycles. The zero-order chi connectivity index (χ0) is 13.5. The van der Waals surface area contributed by atoms with Crippen molar-refractivity contribution < 1.29 is 4.74 Å². The summed E-state index contributed by atoms with van der Waals surface area (Å²) in [6, 6.07) is 16.0. The predicted molar refractivity (Wildman–Crippen MR) is 81.3 cm³/mol. The Hall–Kier alpha value is -1.18. The Labute approximate surface area is 124 Å². The van der Waals surface area contributed by atoms with Gasteiger partial charge in [0.2, 0.25) is 0 Å². The highest BCUT2D eigenvalue weighted by Crippen LogP contribution is 2.26. The normalized spacial score (nSPS) is 10.4. The van der Waals surface area contributed by atoms with E-state index in [1.54, 1.807) is 0 Å². The molecule has 2 aromatic rings. The molecule has 0 atom stereocenters. The number of halogens is 2. The fourth-order valence-electron chi connectivity index (χ4n) is 1.85. The molecule has 1 nitrogen and oxygen atoms in total. The van der Waals surface area contributed by atoms with Crippen LogP contribution in [0.5, 0.6) is 5.75 Å². The monoisotopic (exact) mass is 294 g/mol. The van der Waals surface area contributed by atoms with Crippen LogP contribution in [0.15, 0.2) is 48.5 Å². The lowest BCUT2D eigenvalue weighted by atomic mass is 10.1. The van der Waals surface area contributed by atoms with Gasteiger partial charge in [0.05, 0.1) is 11.6 Å². The summed E-state index contributed by atoms with van der Waals surface area (Å²) < 4.78 is 5.68. The number of aryl methyl sites for hydroxylation is 1. The molecular weight excluding hydrogens is 279 g/mol. The van der Waals surface area contributed by atoms with Gasteiger partial charge in [0, 0.05) is 5.88 Å². The molecule has 0 fully saturated rings. The van der Waals surface area contributed by atoms with E-state index < -0.39 is 0 Å². The molecule has 3 heteroatoms. The molecule has 0 aliphatic rings. The molecule has 0 saturated heterocycles. The molecule has 2 rings (SSSR count). The lowest BCUT2D eigenvalue weighted by Crippen LogP contribution is -2.00. The van der Waals surface area contributed by atoms with E-state index in [-0.39, 0.29) is 0 Å². The molecule has 2 aromatic carbocycles. The maximum absolute atomic E-state index is 6.12. The third-order valence-corrected chi connectivity index (χ3v) is 3.46. The number of benzene rings is 2. The molecule has 0 amide bonds. The standard InChI is InChI=1S/C16H16Cl2O/c17-12-14-8-9-16(15(18)11-14)19-10-4-7-13-5-2-1-3-6-13/h1-3,5-6,8-9,11H,4,7,10,12H2. The molecule has 100 valence electrons. The maximum atomic E-state index is 6.12. The van der Waals surface area contributed by atoms with Gasteiger partial charge in [-0.2, -0.15) is 0 Å². The second kappa shape index (κ2) is 7.42. The molecular formula is C16H16Cl2O. The van der Waals surface area contributed by atoms with E-state index in [2.05, 4.69) is 24.3 Å². The van der Waals surface area contributed by atoms with Crippen molar-refractivity contribution in [3.8, 4) is 5.75 Å². The van der Waals surface area contributed by atoms with E-state index in [0.717, 1.165) is 24.2 Å². The van der Waals surface area contributed by atoms with Crippen molar-refractivity contribution in [2.75, 3.05) is 6.61 Å². The number of alkyl halides is 1. The lowest BCUT2D eigenvalue weighted by molar-refractivity contribution is 0.311. The van der Waals surface area contributed by atoms with Crippen molar-refractivity contribution in [1.29, 1.82) is 0 Å². The number of hydrogen-bond acceptors (Lipinski definition) is 1. The second-order valence-electron chi connectivity index (χ2n) is 4.34. The summed E-state index contributed by atoms with van der Waals surface area (Å²) in [6.07, 6.45) is 1.98. The fourth-order valence-corrected chi connectivity index (χ4v) is 2.27. The van der Waals surface area contributed by atoms with E-state index in [0.29, 0.717) is 17.5 Å². The Kier molecular flexibility index (Phi) is 5.56. The van der Waals surface area contributed by atoms with Crippen LogP contribution >= 0.6 is 23.2 Å². The zero-order valence-electron chi connectivity index (χ0n) is 10.6. The number of hydrogen-bond donors (Lipinski definition) is 0. The van der Waals surface area contributed by atoms with Gasteiger partial charge < -0.3 is 4.74 Å². The van der Waals surface area contributed by atoms with Gasteiger partial charge >= 0.3 is 0 Å². The summed E-state index contributed by atoms with van der Waals surface area (Å²) in [7, 11) is 0. The van der Waals surface area contributed by atoms with E-state index in [1.165, 1.54) is 5.56 Å². The molecule has 0 spiro atoms. The maximum Gasteiger partial charge on any atom is 0.137 e. The quantitative estimate of drug-likeness (QED) is 0.533. The zero-order valence-corrected chi connectivity index (χ0v) is 12.1. The Morgan fingerprint density at radius 2 is 1.74 bits per heavy atom. The van der Waals surface area contributed by atoms with E-state index in [4.69, 9.17) is 27.9 Å². The van der Waals surface area contributed by atoms with Crippen LogP contribution in [0.3, 0.4) is 0 Å². The van der Waals surface area contributed by atoms with Crippen molar-refractivity contribution >= 4 is 23.2 Å². The molecule has 0 saturated carbocycles. The van der Waals surface area contributed by atoms with E-state index in [9.17, 15) is 0 Å². The molecule has 0 unspecified atom stereocenters. The van der Waals surface area contributed by atoms with Crippen molar-refractivity contribution in [2.24, 2.45) is 0 Å². The first-order chi connectivity index (χ1) is 9.29. The van der Waals surface area contributed by atoms with Gasteiger partial charge in [-0.15, -0.1) is 11.6 Å². The summed E-state index contributed by atoms with van der Waals surface area (Å²) in [6.45, 7) is 0.662. The largest absolute Gasteiger partial charge is 0.492 e. The van der Waals surface area contributed by atoms with Gasteiger partial charge in [-0.05, 0) is 36.1 Å². The highest BCUT2D eigenvalue weighted by atomic mass is 35.5. The molecule has 0 aliphatic heterocycles. The van der Waals surface area contributed by atoms with Crippen molar-refractivity contribution in [1.82, 2.24) is 0 Å². The van der Waals surface area contributed by atoms with Crippen LogP contribution in [-0.2, 0) is 12.3 Å². The van der Waals surface area contributed by atoms with Gasteiger partial charge in [-0.3, -0.25) is 0 Å². The van der Waals surface area contributed by atoms with Crippen molar-refractivity contribution in [3.05, 3.63) is 64.7 Å². The third-order valence-electron chi connectivity index (χ3n) is 2.86. The Balaban J connectivity index is 1.80. The minimum atomic E-state index is 0.466. The summed E-state index contributed by atoms with van der Waals surface area (Å²) in [5.74, 6) is 1.19. The molecule has 19 heavy (non-hydrogen) atoms. The summed E-state index contributed by atoms with van der Waals surface area (Å²) >= 11 is 11.9. The summed E-state index contributed by atoms with van der Waals surface area (Å²) in [4.78, 5) is 0. The second-order valence-corrected chi connectivity index (χ2v) is 5.01.